The van der Waals surface area contributed by atoms with Crippen molar-refractivity contribution in [2.45, 2.75) is 13.5 Å². The summed E-state index contributed by atoms with van der Waals surface area (Å²) >= 11 is 1.12. The molecule has 1 aromatic carbocycles. The van der Waals surface area contributed by atoms with Crippen LogP contribution in [0.3, 0.4) is 0 Å². The number of carboxylic acids is 1. The van der Waals surface area contributed by atoms with Gasteiger partial charge in [-0.2, -0.15) is 0 Å². The Morgan fingerprint density at radius 1 is 1.45 bits per heavy atom. The van der Waals surface area contributed by atoms with E-state index in [1.807, 2.05) is 0 Å². The highest BCUT2D eigenvalue weighted by Gasteiger charge is 2.13. The number of halogens is 1. The van der Waals surface area contributed by atoms with Gasteiger partial charge in [0.15, 0.2) is 5.69 Å². The fraction of sp³-hybridized carbons (Fsp3) is 0.154. The van der Waals surface area contributed by atoms with Crippen molar-refractivity contribution < 1.29 is 19.1 Å². The van der Waals surface area contributed by atoms with Crippen LogP contribution in [0.5, 0.6) is 0 Å². The van der Waals surface area contributed by atoms with Crippen molar-refractivity contribution in [1.82, 2.24) is 10.3 Å². The molecule has 0 radical (unpaired) electrons. The van der Waals surface area contributed by atoms with Gasteiger partial charge >= 0.3 is 5.97 Å². The Morgan fingerprint density at radius 2 is 2.20 bits per heavy atom. The van der Waals surface area contributed by atoms with Crippen molar-refractivity contribution in [1.29, 1.82) is 0 Å². The minimum Gasteiger partial charge on any atom is -0.476 e. The fourth-order valence-corrected chi connectivity index (χ4v) is 2.25. The maximum atomic E-state index is 13.6. The molecular formula is C13H11FN2O3S. The fourth-order valence-electron chi connectivity index (χ4n) is 1.55. The number of benzene rings is 1. The van der Waals surface area contributed by atoms with Gasteiger partial charge in [-0.05, 0) is 24.6 Å². The molecule has 1 heterocycles. The van der Waals surface area contributed by atoms with Crippen LogP contribution in [-0.2, 0) is 6.54 Å². The van der Waals surface area contributed by atoms with Crippen molar-refractivity contribution >= 4 is 23.2 Å². The number of carbonyl (C=O) groups is 2. The van der Waals surface area contributed by atoms with Crippen LogP contribution in [0, 0.1) is 12.7 Å². The highest BCUT2D eigenvalue weighted by atomic mass is 32.1. The number of aromatic carboxylic acids is 1. The molecule has 2 N–H and O–H groups in total. The molecule has 0 bridgehead atoms. The minimum atomic E-state index is -1.12. The second kappa shape index (κ2) is 5.79. The summed E-state index contributed by atoms with van der Waals surface area (Å²) in [6, 6.07) is 4.33. The van der Waals surface area contributed by atoms with E-state index in [-0.39, 0.29) is 17.8 Å². The van der Waals surface area contributed by atoms with Crippen molar-refractivity contribution in [2.75, 3.05) is 0 Å². The molecule has 0 aliphatic heterocycles. The molecule has 0 saturated heterocycles. The van der Waals surface area contributed by atoms with E-state index in [2.05, 4.69) is 10.3 Å². The maximum Gasteiger partial charge on any atom is 0.355 e. The van der Waals surface area contributed by atoms with Crippen LogP contribution < -0.4 is 5.32 Å². The smallest absolute Gasteiger partial charge is 0.355 e. The van der Waals surface area contributed by atoms with Crippen LogP contribution >= 0.6 is 11.3 Å². The Kier molecular flexibility index (Phi) is 4.09. The molecule has 0 aliphatic carbocycles. The van der Waals surface area contributed by atoms with E-state index in [0.717, 1.165) is 16.9 Å². The summed E-state index contributed by atoms with van der Waals surface area (Å²) in [7, 11) is 0. The average molecular weight is 294 g/mol. The molecule has 0 spiro atoms. The summed E-state index contributed by atoms with van der Waals surface area (Å²) in [5.74, 6) is -2.27. The van der Waals surface area contributed by atoms with Gasteiger partial charge in [-0.15, -0.1) is 11.3 Å². The molecule has 7 heteroatoms. The van der Waals surface area contributed by atoms with Gasteiger partial charge in [-0.1, -0.05) is 6.07 Å². The number of carboxylic acid groups (broad SMARTS) is 1. The predicted molar refractivity (Wildman–Crippen MR) is 71.4 cm³/mol. The van der Waals surface area contributed by atoms with E-state index in [0.29, 0.717) is 5.01 Å². The molecule has 0 saturated carbocycles. The molecule has 104 valence electrons. The Balaban J connectivity index is 2.02. The molecule has 20 heavy (non-hydrogen) atoms. The lowest BCUT2D eigenvalue weighted by molar-refractivity contribution is 0.0691. The van der Waals surface area contributed by atoms with Gasteiger partial charge < -0.3 is 10.4 Å². The Hall–Kier alpha value is -2.28. The van der Waals surface area contributed by atoms with Crippen LogP contribution in [-0.4, -0.2) is 22.0 Å². The quantitative estimate of drug-likeness (QED) is 0.906. The van der Waals surface area contributed by atoms with Gasteiger partial charge in [0.1, 0.15) is 10.8 Å². The van der Waals surface area contributed by atoms with Crippen molar-refractivity contribution in [2.24, 2.45) is 0 Å². The molecule has 5 nitrogen and oxygen atoms in total. The molecule has 2 aromatic rings. The van der Waals surface area contributed by atoms with Crippen LogP contribution in [0.2, 0.25) is 0 Å². The maximum absolute atomic E-state index is 13.6. The number of amides is 1. The van der Waals surface area contributed by atoms with Gasteiger partial charge in [0.05, 0.1) is 12.1 Å². The van der Waals surface area contributed by atoms with E-state index in [1.165, 1.54) is 17.5 Å². The summed E-state index contributed by atoms with van der Waals surface area (Å²) < 4.78 is 13.6. The second-order valence-corrected chi connectivity index (χ2v) is 5.04. The third-order valence-corrected chi connectivity index (χ3v) is 3.39. The summed E-state index contributed by atoms with van der Waals surface area (Å²) in [5, 5.41) is 13.1. The third-order valence-electron chi connectivity index (χ3n) is 2.54. The number of nitrogens with one attached hydrogen (secondary N) is 1. The zero-order chi connectivity index (χ0) is 14.7. The van der Waals surface area contributed by atoms with E-state index in [4.69, 9.17) is 5.11 Å². The molecule has 0 unspecified atom stereocenters. The second-order valence-electron chi connectivity index (χ2n) is 4.10. The number of nitrogens with zero attached hydrogens (tertiary/aromatic N) is 1. The van der Waals surface area contributed by atoms with E-state index in [1.54, 1.807) is 13.0 Å². The van der Waals surface area contributed by atoms with Crippen LogP contribution in [0.4, 0.5) is 4.39 Å². The summed E-state index contributed by atoms with van der Waals surface area (Å²) in [4.78, 5) is 26.3. The van der Waals surface area contributed by atoms with Crippen molar-refractivity contribution in [3.63, 3.8) is 0 Å². The zero-order valence-electron chi connectivity index (χ0n) is 10.5. The van der Waals surface area contributed by atoms with Crippen molar-refractivity contribution in [3.05, 3.63) is 51.2 Å². The lowest BCUT2D eigenvalue weighted by Gasteiger charge is -2.05. The number of thiazole rings is 1. The number of carbonyl (C=O) groups excluding carboxylic acids is 1. The predicted octanol–water partition coefficient (Wildman–Crippen LogP) is 2.22. The monoisotopic (exact) mass is 294 g/mol. The molecule has 2 rings (SSSR count). The highest BCUT2D eigenvalue weighted by Crippen LogP contribution is 2.12. The first kappa shape index (κ1) is 14.1. The summed E-state index contributed by atoms with van der Waals surface area (Å²) in [6.07, 6.45) is 0. The largest absolute Gasteiger partial charge is 0.476 e. The van der Waals surface area contributed by atoms with Gasteiger partial charge in [0.25, 0.3) is 5.91 Å². The first-order valence-corrected chi connectivity index (χ1v) is 6.57. The zero-order valence-corrected chi connectivity index (χ0v) is 11.3. The lowest BCUT2D eigenvalue weighted by Crippen LogP contribution is -2.23. The molecule has 1 amide bonds. The van der Waals surface area contributed by atoms with Gasteiger partial charge in [-0.25, -0.2) is 14.2 Å². The van der Waals surface area contributed by atoms with E-state index >= 15 is 0 Å². The van der Waals surface area contributed by atoms with Crippen LogP contribution in [0.1, 0.15) is 31.4 Å². The first-order chi connectivity index (χ1) is 9.47. The Labute approximate surface area is 118 Å². The summed E-state index contributed by atoms with van der Waals surface area (Å²) in [6.45, 7) is 1.79. The topological polar surface area (TPSA) is 79.3 Å². The number of aryl methyl sites for hydroxylation is 1. The molecule has 1 aromatic heterocycles. The molecular weight excluding hydrogens is 283 g/mol. The minimum absolute atomic E-state index is 0.0504. The van der Waals surface area contributed by atoms with Gasteiger partial charge in [-0.3, -0.25) is 4.79 Å². The molecule has 0 aliphatic rings. The van der Waals surface area contributed by atoms with Crippen LogP contribution in [0.25, 0.3) is 0 Å². The van der Waals surface area contributed by atoms with Gasteiger partial charge in [0.2, 0.25) is 0 Å². The van der Waals surface area contributed by atoms with E-state index < -0.39 is 17.7 Å². The van der Waals surface area contributed by atoms with Crippen LogP contribution in [0.15, 0.2) is 23.6 Å². The Morgan fingerprint density at radius 3 is 2.80 bits per heavy atom. The number of rotatable bonds is 4. The number of hydrogen-bond acceptors (Lipinski definition) is 4. The first-order valence-electron chi connectivity index (χ1n) is 5.69. The van der Waals surface area contributed by atoms with Gasteiger partial charge in [0, 0.05) is 5.38 Å². The average Bonchev–Trinajstić information content (AvgIpc) is 2.85. The standard InChI is InChI=1S/C13H11FN2O3S/c1-7-2-3-8(9(14)4-7)12(17)15-5-11-16-10(6-20-11)13(18)19/h2-4,6H,5H2,1H3,(H,15,17)(H,18,19). The normalized spacial score (nSPS) is 10.3. The third kappa shape index (κ3) is 3.18. The van der Waals surface area contributed by atoms with E-state index in [9.17, 15) is 14.0 Å². The lowest BCUT2D eigenvalue weighted by atomic mass is 10.1. The van der Waals surface area contributed by atoms with Crippen molar-refractivity contribution in [3.8, 4) is 0 Å². The molecule has 0 fully saturated rings. The molecule has 0 atom stereocenters. The SMILES string of the molecule is Cc1ccc(C(=O)NCc2nc(C(=O)O)cs2)c(F)c1. The number of hydrogen-bond donors (Lipinski definition) is 2. The highest BCUT2D eigenvalue weighted by molar-refractivity contribution is 7.09. The number of aromatic nitrogens is 1. The summed E-state index contributed by atoms with van der Waals surface area (Å²) in [5.41, 5.74) is 0.608. The Bertz CT molecular complexity index is 669.